The molecule has 1 aliphatic heterocycles. The molecule has 0 bridgehead atoms. The fourth-order valence-corrected chi connectivity index (χ4v) is 2.99. The van der Waals surface area contributed by atoms with Gasteiger partial charge in [-0.1, -0.05) is 12.2 Å². The smallest absolute Gasteiger partial charge is 0.411 e. The third-order valence-corrected chi connectivity index (χ3v) is 4.24. The van der Waals surface area contributed by atoms with Crippen LogP contribution in [0.15, 0.2) is 12.2 Å². The van der Waals surface area contributed by atoms with Crippen molar-refractivity contribution in [3.8, 4) is 0 Å². The van der Waals surface area contributed by atoms with Crippen LogP contribution in [0.4, 0.5) is 4.79 Å². The Kier molecular flexibility index (Phi) is 6.10. The number of nitrogens with zero attached hydrogens (tertiary/aromatic N) is 1. The topological polar surface area (TPSA) is 76.1 Å². The van der Waals surface area contributed by atoms with Crippen molar-refractivity contribution in [3.63, 3.8) is 0 Å². The number of halogens is 1. The molecule has 7 heteroatoms. The molecule has 1 saturated heterocycles. The number of hydrogen-bond acceptors (Lipinski definition) is 5. The third kappa shape index (κ3) is 4.18. The van der Waals surface area contributed by atoms with E-state index in [0.717, 1.165) is 0 Å². The van der Waals surface area contributed by atoms with E-state index in [1.165, 1.54) is 12.0 Å². The van der Waals surface area contributed by atoms with Crippen molar-refractivity contribution in [2.75, 3.05) is 13.0 Å². The minimum Gasteiger partial charge on any atom is -0.467 e. The molecule has 0 aliphatic carbocycles. The number of ether oxygens (including phenoxy) is 2. The number of amides is 1. The van der Waals surface area contributed by atoms with Gasteiger partial charge in [-0.25, -0.2) is 9.59 Å². The molecule has 3 atom stereocenters. The standard InChI is InChI=1S/C16H26ClNO5/c1-10(9-17)7-16(13(20)22-6)8-12(19)11(2)18(16)14(21)23-15(3,4)5/h11-12,19H,1,7-9H2,2-6H3/t11-,12?,16-/m1/s1. The van der Waals surface area contributed by atoms with Crippen LogP contribution in [0.3, 0.4) is 0 Å². The summed E-state index contributed by atoms with van der Waals surface area (Å²) in [5.74, 6) is -0.469. The number of aliphatic hydroxyl groups is 1. The Morgan fingerprint density at radius 3 is 2.43 bits per heavy atom. The number of likely N-dealkylation sites (tertiary alicyclic amines) is 1. The van der Waals surface area contributed by atoms with E-state index in [0.29, 0.717) is 5.57 Å². The molecule has 0 aromatic rings. The highest BCUT2D eigenvalue weighted by Crippen LogP contribution is 2.40. The maximum absolute atomic E-state index is 12.6. The summed E-state index contributed by atoms with van der Waals surface area (Å²) >= 11 is 5.80. The van der Waals surface area contributed by atoms with Crippen LogP contribution < -0.4 is 0 Å². The molecule has 1 fully saturated rings. The monoisotopic (exact) mass is 347 g/mol. The molecule has 0 aromatic carbocycles. The molecule has 1 rings (SSSR count). The second-order valence-electron chi connectivity index (χ2n) is 6.95. The lowest BCUT2D eigenvalue weighted by Crippen LogP contribution is -2.57. The van der Waals surface area contributed by atoms with Crippen LogP contribution in [0.1, 0.15) is 40.5 Å². The highest BCUT2D eigenvalue weighted by atomic mass is 35.5. The number of alkyl halides is 1. The maximum Gasteiger partial charge on any atom is 0.411 e. The van der Waals surface area contributed by atoms with Gasteiger partial charge in [0.2, 0.25) is 0 Å². The first-order valence-corrected chi connectivity index (χ1v) is 8.03. The molecule has 1 aliphatic rings. The summed E-state index contributed by atoms with van der Waals surface area (Å²) in [4.78, 5) is 26.4. The lowest BCUT2D eigenvalue weighted by Gasteiger charge is -2.38. The zero-order valence-corrected chi connectivity index (χ0v) is 15.1. The number of esters is 1. The molecule has 6 nitrogen and oxygen atoms in total. The van der Waals surface area contributed by atoms with Crippen molar-refractivity contribution in [2.45, 2.75) is 63.8 Å². The number of carbonyl (C=O) groups excluding carboxylic acids is 2. The molecular weight excluding hydrogens is 322 g/mol. The van der Waals surface area contributed by atoms with Gasteiger partial charge >= 0.3 is 12.1 Å². The molecular formula is C16H26ClNO5. The molecule has 0 radical (unpaired) electrons. The third-order valence-electron chi connectivity index (χ3n) is 3.86. The lowest BCUT2D eigenvalue weighted by atomic mass is 9.88. The number of aliphatic hydroxyl groups excluding tert-OH is 1. The summed E-state index contributed by atoms with van der Waals surface area (Å²) in [6, 6.07) is -0.591. The van der Waals surface area contributed by atoms with Gasteiger partial charge in [-0.05, 0) is 27.7 Å². The summed E-state index contributed by atoms with van der Waals surface area (Å²) in [7, 11) is 1.25. The van der Waals surface area contributed by atoms with Crippen molar-refractivity contribution in [2.24, 2.45) is 0 Å². The van der Waals surface area contributed by atoms with Gasteiger partial charge in [0.15, 0.2) is 5.54 Å². The van der Waals surface area contributed by atoms with Crippen molar-refractivity contribution >= 4 is 23.7 Å². The van der Waals surface area contributed by atoms with Crippen LogP contribution in [-0.4, -0.2) is 58.3 Å². The molecule has 1 amide bonds. The van der Waals surface area contributed by atoms with Crippen LogP contribution in [0.25, 0.3) is 0 Å². The fourth-order valence-electron chi connectivity index (χ4n) is 2.89. The summed E-state index contributed by atoms with van der Waals surface area (Å²) < 4.78 is 10.3. The van der Waals surface area contributed by atoms with Crippen LogP contribution in [0.5, 0.6) is 0 Å². The van der Waals surface area contributed by atoms with Gasteiger partial charge in [0.05, 0.1) is 19.3 Å². The van der Waals surface area contributed by atoms with Crippen molar-refractivity contribution in [1.29, 1.82) is 0 Å². The van der Waals surface area contributed by atoms with Gasteiger partial charge in [0.1, 0.15) is 5.60 Å². The highest BCUT2D eigenvalue weighted by Gasteiger charge is 2.58. The SMILES string of the molecule is C=C(CCl)C[C@]1(C(=O)OC)CC(O)[C@@H](C)N1C(=O)OC(C)(C)C. The number of hydrogen-bond donors (Lipinski definition) is 1. The van der Waals surface area contributed by atoms with Crippen LogP contribution in [0, 0.1) is 0 Å². The molecule has 23 heavy (non-hydrogen) atoms. The molecule has 1 N–H and O–H groups in total. The van der Waals surface area contributed by atoms with Crippen LogP contribution in [0.2, 0.25) is 0 Å². The summed E-state index contributed by atoms with van der Waals surface area (Å²) in [6.45, 7) is 10.7. The molecule has 1 unspecified atom stereocenters. The minimum absolute atomic E-state index is 0.0516. The van der Waals surface area contributed by atoms with Gasteiger partial charge in [-0.3, -0.25) is 4.90 Å². The predicted octanol–water partition coefficient (Wildman–Crippen LogP) is 2.47. The zero-order valence-electron chi connectivity index (χ0n) is 14.4. The Morgan fingerprint density at radius 2 is 2.00 bits per heavy atom. The van der Waals surface area contributed by atoms with E-state index >= 15 is 0 Å². The van der Waals surface area contributed by atoms with E-state index in [2.05, 4.69) is 6.58 Å². The minimum atomic E-state index is -1.36. The second-order valence-corrected chi connectivity index (χ2v) is 7.21. The van der Waals surface area contributed by atoms with E-state index in [-0.39, 0.29) is 18.7 Å². The summed E-state index contributed by atoms with van der Waals surface area (Å²) in [5.41, 5.74) is -1.51. The van der Waals surface area contributed by atoms with Gasteiger partial charge in [0, 0.05) is 18.7 Å². The van der Waals surface area contributed by atoms with Crippen LogP contribution in [-0.2, 0) is 14.3 Å². The van der Waals surface area contributed by atoms with E-state index < -0.39 is 35.3 Å². The Bertz CT molecular complexity index is 487. The van der Waals surface area contributed by atoms with Gasteiger partial charge in [0.25, 0.3) is 0 Å². The normalized spacial score (nSPS) is 27.7. The largest absolute Gasteiger partial charge is 0.467 e. The Morgan fingerprint density at radius 1 is 1.43 bits per heavy atom. The van der Waals surface area contributed by atoms with Crippen molar-refractivity contribution in [1.82, 2.24) is 4.90 Å². The first-order valence-electron chi connectivity index (χ1n) is 7.50. The average molecular weight is 348 g/mol. The lowest BCUT2D eigenvalue weighted by molar-refractivity contribution is -0.154. The Hall–Kier alpha value is -1.27. The van der Waals surface area contributed by atoms with Crippen LogP contribution >= 0.6 is 11.6 Å². The summed E-state index contributed by atoms with van der Waals surface area (Å²) in [5, 5.41) is 10.3. The Labute approximate surface area is 142 Å². The molecule has 0 aromatic heterocycles. The molecule has 0 spiro atoms. The molecule has 0 saturated carbocycles. The molecule has 1 heterocycles. The first kappa shape index (κ1) is 19.8. The Balaban J connectivity index is 3.30. The second kappa shape index (κ2) is 7.09. The van der Waals surface area contributed by atoms with E-state index in [9.17, 15) is 14.7 Å². The fraction of sp³-hybridized carbons (Fsp3) is 0.750. The zero-order chi connectivity index (χ0) is 18.0. The van der Waals surface area contributed by atoms with Gasteiger partial charge in [-0.2, -0.15) is 0 Å². The van der Waals surface area contributed by atoms with Crippen molar-refractivity contribution in [3.05, 3.63) is 12.2 Å². The van der Waals surface area contributed by atoms with Crippen molar-refractivity contribution < 1.29 is 24.2 Å². The van der Waals surface area contributed by atoms with E-state index in [4.69, 9.17) is 21.1 Å². The number of rotatable bonds is 4. The quantitative estimate of drug-likeness (QED) is 0.480. The van der Waals surface area contributed by atoms with E-state index in [1.54, 1.807) is 27.7 Å². The summed E-state index contributed by atoms with van der Waals surface area (Å²) in [6.07, 6.45) is -1.38. The predicted molar refractivity (Wildman–Crippen MR) is 87.4 cm³/mol. The first-order chi connectivity index (χ1) is 10.5. The highest BCUT2D eigenvalue weighted by molar-refractivity contribution is 6.19. The number of carbonyl (C=O) groups is 2. The van der Waals surface area contributed by atoms with Gasteiger partial charge in [-0.15, -0.1) is 11.6 Å². The maximum atomic E-state index is 12.6. The molecule has 132 valence electrons. The number of methoxy groups -OCH3 is 1. The average Bonchev–Trinajstić information content (AvgIpc) is 2.68. The van der Waals surface area contributed by atoms with Gasteiger partial charge < -0.3 is 14.6 Å². The van der Waals surface area contributed by atoms with E-state index in [1.807, 2.05) is 0 Å².